The summed E-state index contributed by atoms with van der Waals surface area (Å²) in [6, 6.07) is 0.0640. The molecule has 1 saturated heterocycles. The van der Waals surface area contributed by atoms with Gasteiger partial charge in [-0.15, -0.1) is 0 Å². The van der Waals surface area contributed by atoms with Gasteiger partial charge in [0.05, 0.1) is 4.92 Å². The van der Waals surface area contributed by atoms with Crippen molar-refractivity contribution in [2.75, 3.05) is 18.0 Å². The van der Waals surface area contributed by atoms with Crippen molar-refractivity contribution in [1.29, 1.82) is 0 Å². The Morgan fingerprint density at radius 1 is 1.53 bits per heavy atom. The molecule has 1 N–H and O–H groups in total. The van der Waals surface area contributed by atoms with Crippen molar-refractivity contribution in [3.05, 3.63) is 22.5 Å². The van der Waals surface area contributed by atoms with Crippen LogP contribution in [0.25, 0.3) is 0 Å². The number of nitro groups is 1. The Labute approximate surface area is 96.8 Å². The fourth-order valence-corrected chi connectivity index (χ4v) is 1.56. The highest BCUT2D eigenvalue weighted by molar-refractivity contribution is 5.82. The lowest BCUT2D eigenvalue weighted by molar-refractivity contribution is -0.385. The van der Waals surface area contributed by atoms with E-state index in [1.807, 2.05) is 6.92 Å². The molecule has 0 aliphatic carbocycles. The van der Waals surface area contributed by atoms with E-state index in [1.54, 1.807) is 4.90 Å². The molecule has 1 atom stereocenters. The van der Waals surface area contributed by atoms with Crippen LogP contribution in [0.3, 0.4) is 0 Å². The van der Waals surface area contributed by atoms with Gasteiger partial charge in [-0.1, -0.05) is 0 Å². The normalized spacial score (nSPS) is 19.9. The lowest BCUT2D eigenvalue weighted by Crippen LogP contribution is -2.53. The quantitative estimate of drug-likeness (QED) is 0.560. The molecule has 1 aliphatic heterocycles. The van der Waals surface area contributed by atoms with E-state index in [9.17, 15) is 14.9 Å². The van der Waals surface area contributed by atoms with E-state index in [0.717, 1.165) is 12.4 Å². The molecule has 17 heavy (non-hydrogen) atoms. The zero-order valence-corrected chi connectivity index (χ0v) is 9.16. The van der Waals surface area contributed by atoms with Gasteiger partial charge < -0.3 is 10.2 Å². The number of piperazine rings is 1. The Hall–Kier alpha value is -2.25. The summed E-state index contributed by atoms with van der Waals surface area (Å²) < 4.78 is 0. The minimum atomic E-state index is -0.559. The third-order valence-corrected chi connectivity index (χ3v) is 2.53. The van der Waals surface area contributed by atoms with E-state index in [2.05, 4.69) is 15.3 Å². The van der Waals surface area contributed by atoms with Crippen molar-refractivity contribution in [3.8, 4) is 0 Å². The third kappa shape index (κ3) is 2.30. The average molecular weight is 237 g/mol. The standard InChI is InChI=1S/C9H11N5O3/c1-6-2-10-8(15)5-13(6)9-11-3-7(4-12-9)14(16)17/h3-4,6H,2,5H2,1H3,(H,10,15)/t6-/m0/s1. The highest BCUT2D eigenvalue weighted by Gasteiger charge is 2.25. The molecule has 0 spiro atoms. The van der Waals surface area contributed by atoms with Crippen LogP contribution in [0.2, 0.25) is 0 Å². The molecule has 2 rings (SSSR count). The fourth-order valence-electron chi connectivity index (χ4n) is 1.56. The van der Waals surface area contributed by atoms with Gasteiger partial charge in [-0.2, -0.15) is 0 Å². The van der Waals surface area contributed by atoms with Crippen LogP contribution < -0.4 is 10.2 Å². The summed E-state index contributed by atoms with van der Waals surface area (Å²) in [6.07, 6.45) is 2.28. The first kappa shape index (κ1) is 11.2. The van der Waals surface area contributed by atoms with Crippen molar-refractivity contribution < 1.29 is 9.72 Å². The Bertz CT molecular complexity index is 446. The Kier molecular flexibility index (Phi) is 2.86. The second-order valence-corrected chi connectivity index (χ2v) is 3.78. The van der Waals surface area contributed by atoms with Gasteiger partial charge in [0.15, 0.2) is 0 Å². The summed E-state index contributed by atoms with van der Waals surface area (Å²) >= 11 is 0. The molecule has 1 fully saturated rings. The van der Waals surface area contributed by atoms with Gasteiger partial charge in [-0.25, -0.2) is 9.97 Å². The van der Waals surface area contributed by atoms with E-state index in [1.165, 1.54) is 0 Å². The molecule has 0 unspecified atom stereocenters. The van der Waals surface area contributed by atoms with Crippen LogP contribution in [0.15, 0.2) is 12.4 Å². The molecular weight excluding hydrogens is 226 g/mol. The largest absolute Gasteiger partial charge is 0.353 e. The van der Waals surface area contributed by atoms with Gasteiger partial charge in [-0.3, -0.25) is 14.9 Å². The monoisotopic (exact) mass is 237 g/mol. The predicted molar refractivity (Wildman–Crippen MR) is 58.5 cm³/mol. The Balaban J connectivity index is 2.21. The van der Waals surface area contributed by atoms with Crippen LogP contribution >= 0.6 is 0 Å². The van der Waals surface area contributed by atoms with Crippen molar-refractivity contribution in [2.24, 2.45) is 0 Å². The maximum absolute atomic E-state index is 11.3. The van der Waals surface area contributed by atoms with Gasteiger partial charge in [-0.05, 0) is 6.92 Å². The van der Waals surface area contributed by atoms with Crippen molar-refractivity contribution in [2.45, 2.75) is 13.0 Å². The summed E-state index contributed by atoms with van der Waals surface area (Å²) in [7, 11) is 0. The molecule has 1 aromatic heterocycles. The number of aromatic nitrogens is 2. The van der Waals surface area contributed by atoms with Crippen LogP contribution in [0.5, 0.6) is 0 Å². The second kappa shape index (κ2) is 4.32. The summed E-state index contributed by atoms with van der Waals surface area (Å²) in [6.45, 7) is 2.60. The minimum absolute atomic E-state index is 0.0640. The van der Waals surface area contributed by atoms with E-state index in [4.69, 9.17) is 0 Å². The zero-order valence-electron chi connectivity index (χ0n) is 9.16. The maximum Gasteiger partial charge on any atom is 0.305 e. The molecule has 8 heteroatoms. The van der Waals surface area contributed by atoms with Gasteiger partial charge in [0.1, 0.15) is 18.9 Å². The van der Waals surface area contributed by atoms with Crippen LogP contribution in [-0.2, 0) is 4.79 Å². The Morgan fingerprint density at radius 2 is 2.18 bits per heavy atom. The van der Waals surface area contributed by atoms with Crippen LogP contribution in [0.4, 0.5) is 11.6 Å². The molecule has 8 nitrogen and oxygen atoms in total. The zero-order chi connectivity index (χ0) is 12.4. The van der Waals surface area contributed by atoms with Gasteiger partial charge >= 0.3 is 5.69 Å². The first-order valence-corrected chi connectivity index (χ1v) is 5.07. The minimum Gasteiger partial charge on any atom is -0.353 e. The lowest BCUT2D eigenvalue weighted by Gasteiger charge is -2.32. The number of nitrogens with zero attached hydrogens (tertiary/aromatic N) is 4. The molecule has 0 saturated carbocycles. The van der Waals surface area contributed by atoms with Gasteiger partial charge in [0, 0.05) is 12.6 Å². The number of hydrogen-bond donors (Lipinski definition) is 1. The van der Waals surface area contributed by atoms with E-state index >= 15 is 0 Å². The number of carbonyl (C=O) groups is 1. The highest BCUT2D eigenvalue weighted by atomic mass is 16.6. The molecule has 0 aromatic carbocycles. The van der Waals surface area contributed by atoms with Crippen molar-refractivity contribution in [3.63, 3.8) is 0 Å². The van der Waals surface area contributed by atoms with Gasteiger partial charge in [0.25, 0.3) is 0 Å². The molecule has 90 valence electrons. The predicted octanol–water partition coefficient (Wildman–Crippen LogP) is -0.291. The molecule has 1 amide bonds. The molecular formula is C9H11N5O3. The summed E-state index contributed by atoms with van der Waals surface area (Å²) in [5.74, 6) is 0.225. The third-order valence-electron chi connectivity index (χ3n) is 2.53. The average Bonchev–Trinajstić information content (AvgIpc) is 2.32. The van der Waals surface area contributed by atoms with E-state index < -0.39 is 4.92 Å². The van der Waals surface area contributed by atoms with E-state index in [-0.39, 0.29) is 24.2 Å². The van der Waals surface area contributed by atoms with Crippen LogP contribution in [0, 0.1) is 10.1 Å². The molecule has 1 aliphatic rings. The Morgan fingerprint density at radius 3 is 2.76 bits per heavy atom. The summed E-state index contributed by atoms with van der Waals surface area (Å²) in [4.78, 5) is 30.7. The number of rotatable bonds is 2. The number of hydrogen-bond acceptors (Lipinski definition) is 6. The summed E-state index contributed by atoms with van der Waals surface area (Å²) in [5.41, 5.74) is -0.164. The number of anilines is 1. The smallest absolute Gasteiger partial charge is 0.305 e. The summed E-state index contributed by atoms with van der Waals surface area (Å²) in [5, 5.41) is 13.2. The molecule has 0 bridgehead atoms. The molecule has 1 aromatic rings. The number of carbonyl (C=O) groups excluding carboxylic acids is 1. The highest BCUT2D eigenvalue weighted by Crippen LogP contribution is 2.15. The number of amides is 1. The van der Waals surface area contributed by atoms with Crippen LogP contribution in [0.1, 0.15) is 6.92 Å². The topological polar surface area (TPSA) is 101 Å². The van der Waals surface area contributed by atoms with Crippen molar-refractivity contribution >= 4 is 17.5 Å². The van der Waals surface area contributed by atoms with Crippen LogP contribution in [-0.4, -0.2) is 39.9 Å². The fraction of sp³-hybridized carbons (Fsp3) is 0.444. The first-order chi connectivity index (χ1) is 8.08. The molecule has 0 radical (unpaired) electrons. The second-order valence-electron chi connectivity index (χ2n) is 3.78. The maximum atomic E-state index is 11.3. The van der Waals surface area contributed by atoms with Gasteiger partial charge in [0.2, 0.25) is 11.9 Å². The van der Waals surface area contributed by atoms with E-state index in [0.29, 0.717) is 12.5 Å². The number of nitrogens with one attached hydrogen (secondary N) is 1. The van der Waals surface area contributed by atoms with Crippen molar-refractivity contribution in [1.82, 2.24) is 15.3 Å². The molecule has 2 heterocycles. The SMILES string of the molecule is C[C@H]1CNC(=O)CN1c1ncc([N+](=O)[O-])cn1. The first-order valence-electron chi connectivity index (χ1n) is 5.07. The lowest BCUT2D eigenvalue weighted by atomic mass is 10.2.